The van der Waals surface area contributed by atoms with Crippen molar-refractivity contribution >= 4 is 15.8 Å². The Kier molecular flexibility index (Phi) is 7.43. The summed E-state index contributed by atoms with van der Waals surface area (Å²) in [6, 6.07) is 9.42. The smallest absolute Gasteiger partial charge is 0.263 e. The van der Waals surface area contributed by atoms with Gasteiger partial charge in [-0.1, -0.05) is 25.5 Å². The molecule has 0 aliphatic carbocycles. The van der Waals surface area contributed by atoms with E-state index >= 15 is 0 Å². The second-order valence-corrected chi connectivity index (χ2v) is 10.1. The van der Waals surface area contributed by atoms with E-state index in [2.05, 4.69) is 38.4 Å². The van der Waals surface area contributed by atoms with Gasteiger partial charge in [-0.2, -0.15) is 0 Å². The van der Waals surface area contributed by atoms with E-state index in [-0.39, 0.29) is 16.8 Å². The van der Waals surface area contributed by atoms with Gasteiger partial charge in [-0.05, 0) is 55.5 Å². The average Bonchev–Trinajstić information content (AvgIpc) is 2.85. The van der Waals surface area contributed by atoms with Crippen molar-refractivity contribution in [3.05, 3.63) is 71.3 Å². The van der Waals surface area contributed by atoms with Crippen LogP contribution in [0.1, 0.15) is 55.6 Å². The zero-order chi connectivity index (χ0) is 24.1. The third-order valence-electron chi connectivity index (χ3n) is 6.06. The highest BCUT2D eigenvalue weighted by atomic mass is 32.2. The minimum absolute atomic E-state index is 0.145. The van der Waals surface area contributed by atoms with Crippen LogP contribution < -0.4 is 9.46 Å². The van der Waals surface area contributed by atoms with E-state index in [0.717, 1.165) is 42.6 Å². The summed E-state index contributed by atoms with van der Waals surface area (Å²) in [6.45, 7) is 8.28. The fourth-order valence-electron chi connectivity index (χ4n) is 4.13. The van der Waals surface area contributed by atoms with Crippen molar-refractivity contribution in [2.24, 2.45) is 0 Å². The number of fused-ring (bicyclic) bond motifs is 1. The van der Waals surface area contributed by atoms with Gasteiger partial charge >= 0.3 is 0 Å². The first-order valence-electron chi connectivity index (χ1n) is 11.7. The van der Waals surface area contributed by atoms with Crippen LogP contribution in [0.5, 0.6) is 5.88 Å². The van der Waals surface area contributed by atoms with E-state index in [0.29, 0.717) is 19.0 Å². The highest BCUT2D eigenvalue weighted by molar-refractivity contribution is 7.92. The van der Waals surface area contributed by atoms with Crippen LogP contribution in [-0.2, 0) is 29.4 Å². The molecule has 9 heteroatoms. The highest BCUT2D eigenvalue weighted by Crippen LogP contribution is 2.29. The normalized spacial score (nSPS) is 14.9. The van der Waals surface area contributed by atoms with Gasteiger partial charge in [0.2, 0.25) is 5.88 Å². The van der Waals surface area contributed by atoms with Crippen LogP contribution in [0.2, 0.25) is 0 Å². The Hall–Kier alpha value is -3.04. The third-order valence-corrected chi connectivity index (χ3v) is 7.41. The van der Waals surface area contributed by atoms with E-state index < -0.39 is 10.0 Å². The molecule has 1 N–H and O–H groups in total. The zero-order valence-electron chi connectivity index (χ0n) is 19.9. The van der Waals surface area contributed by atoms with Crippen molar-refractivity contribution in [2.75, 3.05) is 17.9 Å². The number of hydrogen-bond acceptors (Lipinski definition) is 7. The second-order valence-electron chi connectivity index (χ2n) is 8.44. The van der Waals surface area contributed by atoms with E-state index in [1.54, 1.807) is 18.3 Å². The van der Waals surface area contributed by atoms with Gasteiger partial charge in [-0.15, -0.1) is 0 Å². The SMILES string of the molecule is CCCc1cnc(NS(=O)(=O)c2ccc3c(c2)CN([C@H](C)c2ccc(OCC)nc2)CC3)cn1. The van der Waals surface area contributed by atoms with Crippen LogP contribution in [0, 0.1) is 0 Å². The molecule has 8 nitrogen and oxygen atoms in total. The van der Waals surface area contributed by atoms with Crippen LogP contribution in [0.3, 0.4) is 0 Å². The lowest BCUT2D eigenvalue weighted by Crippen LogP contribution is -2.33. The van der Waals surface area contributed by atoms with E-state index in [9.17, 15) is 8.42 Å². The van der Waals surface area contributed by atoms with Gasteiger partial charge < -0.3 is 4.74 Å². The minimum atomic E-state index is -3.77. The molecule has 1 atom stereocenters. The predicted octanol–water partition coefficient (Wildman–Crippen LogP) is 4.14. The average molecular weight is 482 g/mol. The van der Waals surface area contributed by atoms with Crippen molar-refractivity contribution in [2.45, 2.75) is 57.5 Å². The Labute approximate surface area is 201 Å². The molecule has 4 rings (SSSR count). The standard InChI is InChI=1S/C25H31N5O3S/c1-4-6-22-15-27-24(16-26-22)29-34(31,32)23-9-7-19-11-12-30(17-21(19)13-23)18(3)20-8-10-25(28-14-20)33-5-2/h7-10,13-16,18H,4-6,11-12,17H2,1-3H3,(H,27,29)/t18-/m1/s1. The lowest BCUT2D eigenvalue weighted by Gasteiger charge is -2.34. The van der Waals surface area contributed by atoms with Crippen molar-refractivity contribution in [3.63, 3.8) is 0 Å². The highest BCUT2D eigenvalue weighted by Gasteiger charge is 2.24. The maximum absolute atomic E-state index is 13.0. The van der Waals surface area contributed by atoms with Gasteiger partial charge in [-0.25, -0.2) is 18.4 Å². The summed E-state index contributed by atoms with van der Waals surface area (Å²) in [6.07, 6.45) is 7.57. The molecule has 0 spiro atoms. The monoisotopic (exact) mass is 481 g/mol. The molecule has 0 radical (unpaired) electrons. The first-order chi connectivity index (χ1) is 16.4. The first-order valence-corrected chi connectivity index (χ1v) is 13.2. The van der Waals surface area contributed by atoms with Crippen LogP contribution in [0.4, 0.5) is 5.82 Å². The Morgan fingerprint density at radius 3 is 2.59 bits per heavy atom. The number of benzene rings is 1. The Morgan fingerprint density at radius 1 is 1.06 bits per heavy atom. The van der Waals surface area contributed by atoms with Gasteiger partial charge in [0.25, 0.3) is 10.0 Å². The largest absolute Gasteiger partial charge is 0.478 e. The summed E-state index contributed by atoms with van der Waals surface area (Å²) in [7, 11) is -3.77. The molecule has 180 valence electrons. The lowest BCUT2D eigenvalue weighted by molar-refractivity contribution is 0.191. The predicted molar refractivity (Wildman–Crippen MR) is 131 cm³/mol. The number of nitrogens with one attached hydrogen (secondary N) is 1. The third kappa shape index (κ3) is 5.53. The van der Waals surface area contributed by atoms with Gasteiger partial charge in [0.05, 0.1) is 29.6 Å². The summed E-state index contributed by atoms with van der Waals surface area (Å²) in [5.74, 6) is 0.838. The molecule has 1 aromatic carbocycles. The minimum Gasteiger partial charge on any atom is -0.478 e. The van der Waals surface area contributed by atoms with E-state index in [1.807, 2.05) is 31.3 Å². The van der Waals surface area contributed by atoms with Gasteiger partial charge in [0.1, 0.15) is 0 Å². The molecule has 0 bridgehead atoms. The van der Waals surface area contributed by atoms with Crippen LogP contribution in [-0.4, -0.2) is 41.4 Å². The second kappa shape index (κ2) is 10.5. The molecule has 3 heterocycles. The number of rotatable bonds is 9. The lowest BCUT2D eigenvalue weighted by atomic mass is 9.97. The summed E-state index contributed by atoms with van der Waals surface area (Å²) < 4.78 is 34.0. The first kappa shape index (κ1) is 24.1. The summed E-state index contributed by atoms with van der Waals surface area (Å²) >= 11 is 0. The zero-order valence-corrected chi connectivity index (χ0v) is 20.7. The van der Waals surface area contributed by atoms with Gasteiger partial charge in [0, 0.05) is 31.4 Å². The molecular formula is C25H31N5O3S. The van der Waals surface area contributed by atoms with Crippen LogP contribution >= 0.6 is 0 Å². The molecule has 0 saturated carbocycles. The molecule has 0 unspecified atom stereocenters. The summed E-state index contributed by atoms with van der Waals surface area (Å²) in [5.41, 5.74) is 4.14. The number of aromatic nitrogens is 3. The Bertz CT molecular complexity index is 1210. The topological polar surface area (TPSA) is 97.3 Å². The van der Waals surface area contributed by atoms with Crippen LogP contribution in [0.25, 0.3) is 0 Å². The van der Waals surface area contributed by atoms with E-state index in [4.69, 9.17) is 4.74 Å². The summed E-state index contributed by atoms with van der Waals surface area (Å²) in [4.78, 5) is 15.4. The molecule has 3 aromatic rings. The molecule has 0 amide bonds. The number of anilines is 1. The Morgan fingerprint density at radius 2 is 1.91 bits per heavy atom. The summed E-state index contributed by atoms with van der Waals surface area (Å²) in [5, 5.41) is 0. The van der Waals surface area contributed by atoms with Crippen molar-refractivity contribution in [3.8, 4) is 5.88 Å². The van der Waals surface area contributed by atoms with Gasteiger partial charge in [-0.3, -0.25) is 14.6 Å². The fourth-order valence-corrected chi connectivity index (χ4v) is 5.17. The number of sulfonamides is 1. The molecule has 34 heavy (non-hydrogen) atoms. The molecule has 0 fully saturated rings. The number of nitrogens with zero attached hydrogens (tertiary/aromatic N) is 4. The van der Waals surface area contributed by atoms with Crippen LogP contribution in [0.15, 0.2) is 53.8 Å². The van der Waals surface area contributed by atoms with Crippen molar-refractivity contribution < 1.29 is 13.2 Å². The Balaban J connectivity index is 1.48. The molecule has 0 saturated heterocycles. The molecule has 2 aromatic heterocycles. The van der Waals surface area contributed by atoms with Crippen molar-refractivity contribution in [1.82, 2.24) is 19.9 Å². The number of hydrogen-bond donors (Lipinski definition) is 1. The maximum atomic E-state index is 13.0. The number of aryl methyl sites for hydroxylation is 1. The molecule has 1 aliphatic heterocycles. The molecular weight excluding hydrogens is 450 g/mol. The number of ether oxygens (including phenoxy) is 1. The quantitative estimate of drug-likeness (QED) is 0.490. The number of pyridine rings is 1. The molecule has 1 aliphatic rings. The van der Waals surface area contributed by atoms with Crippen molar-refractivity contribution in [1.29, 1.82) is 0 Å². The van der Waals surface area contributed by atoms with E-state index in [1.165, 1.54) is 11.8 Å². The van der Waals surface area contributed by atoms with Gasteiger partial charge in [0.15, 0.2) is 5.82 Å². The maximum Gasteiger partial charge on any atom is 0.263 e. The fraction of sp³-hybridized carbons (Fsp3) is 0.400.